The molecule has 0 saturated carbocycles. The van der Waals surface area contributed by atoms with E-state index in [1.807, 2.05) is 12.1 Å². The molecule has 0 radical (unpaired) electrons. The molecule has 1 aliphatic heterocycles. The van der Waals surface area contributed by atoms with E-state index in [2.05, 4.69) is 29.4 Å². The molecule has 0 amide bonds. The second-order valence-electron chi connectivity index (χ2n) is 5.29. The van der Waals surface area contributed by atoms with Gasteiger partial charge >= 0.3 is 5.97 Å². The van der Waals surface area contributed by atoms with Crippen LogP contribution in [0.2, 0.25) is 0 Å². The van der Waals surface area contributed by atoms with E-state index in [1.54, 1.807) is 0 Å². The van der Waals surface area contributed by atoms with Crippen LogP contribution in [-0.2, 0) is 22.5 Å². The third-order valence-electron chi connectivity index (χ3n) is 3.86. The van der Waals surface area contributed by atoms with E-state index in [1.165, 1.54) is 16.6 Å². The van der Waals surface area contributed by atoms with Crippen LogP contribution in [0.3, 0.4) is 0 Å². The Kier molecular flexibility index (Phi) is 3.74. The molecule has 0 bridgehead atoms. The molecule has 106 valence electrons. The van der Waals surface area contributed by atoms with Crippen molar-refractivity contribution >= 4 is 16.9 Å². The zero-order valence-electron chi connectivity index (χ0n) is 11.7. The standard InChI is InChI=1S/C16H20N2O2/c1-2-3-8-20-16(19)14-9-12-11-6-4-5-7-13(11)18-15(12)10-17-14/h4-7,14,17-18H,2-3,8-10H2,1H3/t14-/m1/s1. The van der Waals surface area contributed by atoms with Crippen LogP contribution < -0.4 is 5.32 Å². The minimum Gasteiger partial charge on any atom is -0.465 e. The average molecular weight is 272 g/mol. The second kappa shape index (κ2) is 5.67. The van der Waals surface area contributed by atoms with Crippen LogP contribution in [0.25, 0.3) is 10.9 Å². The Hall–Kier alpha value is -1.81. The second-order valence-corrected chi connectivity index (χ2v) is 5.29. The Morgan fingerprint density at radius 2 is 2.25 bits per heavy atom. The van der Waals surface area contributed by atoms with E-state index in [0.717, 1.165) is 18.4 Å². The van der Waals surface area contributed by atoms with Crippen LogP contribution >= 0.6 is 0 Å². The lowest BCUT2D eigenvalue weighted by molar-refractivity contribution is -0.146. The summed E-state index contributed by atoms with van der Waals surface area (Å²) in [5.41, 5.74) is 3.57. The summed E-state index contributed by atoms with van der Waals surface area (Å²) < 4.78 is 5.31. The number of para-hydroxylation sites is 1. The van der Waals surface area contributed by atoms with Gasteiger partial charge in [-0.2, -0.15) is 0 Å². The Balaban J connectivity index is 1.76. The summed E-state index contributed by atoms with van der Waals surface area (Å²) in [6.45, 7) is 3.30. The van der Waals surface area contributed by atoms with Crippen LogP contribution in [0.15, 0.2) is 24.3 Å². The number of carbonyl (C=O) groups excluding carboxylic acids is 1. The summed E-state index contributed by atoms with van der Waals surface area (Å²) in [6.07, 6.45) is 2.67. The predicted molar refractivity (Wildman–Crippen MR) is 78.5 cm³/mol. The van der Waals surface area contributed by atoms with E-state index < -0.39 is 0 Å². The van der Waals surface area contributed by atoms with Crippen molar-refractivity contribution in [3.63, 3.8) is 0 Å². The van der Waals surface area contributed by atoms with Crippen molar-refractivity contribution in [2.45, 2.75) is 38.8 Å². The minimum absolute atomic E-state index is 0.130. The van der Waals surface area contributed by atoms with Crippen molar-refractivity contribution in [3.8, 4) is 0 Å². The number of unbranched alkanes of at least 4 members (excludes halogenated alkanes) is 1. The molecule has 3 rings (SSSR count). The first-order valence-corrected chi connectivity index (χ1v) is 7.28. The molecule has 2 heterocycles. The third kappa shape index (κ3) is 2.43. The molecule has 0 aliphatic carbocycles. The number of rotatable bonds is 4. The largest absolute Gasteiger partial charge is 0.465 e. The van der Waals surface area contributed by atoms with E-state index in [0.29, 0.717) is 19.6 Å². The Bertz CT molecular complexity index is 618. The van der Waals surface area contributed by atoms with Gasteiger partial charge < -0.3 is 9.72 Å². The monoisotopic (exact) mass is 272 g/mol. The fourth-order valence-corrected chi connectivity index (χ4v) is 2.73. The molecule has 20 heavy (non-hydrogen) atoms. The number of hydrogen-bond acceptors (Lipinski definition) is 3. The lowest BCUT2D eigenvalue weighted by Gasteiger charge is -2.22. The van der Waals surface area contributed by atoms with Gasteiger partial charge in [-0.1, -0.05) is 31.5 Å². The predicted octanol–water partition coefficient (Wildman–Crippen LogP) is 2.53. The highest BCUT2D eigenvalue weighted by molar-refractivity contribution is 5.86. The fourth-order valence-electron chi connectivity index (χ4n) is 2.73. The number of aromatic amines is 1. The van der Waals surface area contributed by atoms with Gasteiger partial charge in [0.05, 0.1) is 6.61 Å². The zero-order chi connectivity index (χ0) is 13.9. The van der Waals surface area contributed by atoms with Crippen molar-refractivity contribution in [2.24, 2.45) is 0 Å². The number of H-pyrrole nitrogens is 1. The normalized spacial score (nSPS) is 17.9. The fraction of sp³-hybridized carbons (Fsp3) is 0.438. The number of hydrogen-bond donors (Lipinski definition) is 2. The molecule has 1 aromatic heterocycles. The molecule has 0 saturated heterocycles. The number of carbonyl (C=O) groups is 1. The first-order valence-electron chi connectivity index (χ1n) is 7.28. The van der Waals surface area contributed by atoms with Crippen LogP contribution in [0.5, 0.6) is 0 Å². The van der Waals surface area contributed by atoms with Crippen molar-refractivity contribution in [1.29, 1.82) is 0 Å². The zero-order valence-corrected chi connectivity index (χ0v) is 11.7. The lowest BCUT2D eigenvalue weighted by atomic mass is 9.99. The maximum absolute atomic E-state index is 12.0. The number of nitrogens with one attached hydrogen (secondary N) is 2. The molecule has 0 unspecified atom stereocenters. The number of benzene rings is 1. The number of esters is 1. The van der Waals surface area contributed by atoms with Crippen molar-refractivity contribution in [1.82, 2.24) is 10.3 Å². The number of fused-ring (bicyclic) bond motifs is 3. The highest BCUT2D eigenvalue weighted by Gasteiger charge is 2.27. The van der Waals surface area contributed by atoms with Crippen molar-refractivity contribution in [3.05, 3.63) is 35.5 Å². The topological polar surface area (TPSA) is 54.1 Å². The van der Waals surface area contributed by atoms with E-state index >= 15 is 0 Å². The molecule has 1 atom stereocenters. The van der Waals surface area contributed by atoms with Gasteiger partial charge in [0.15, 0.2) is 0 Å². The van der Waals surface area contributed by atoms with Crippen molar-refractivity contribution < 1.29 is 9.53 Å². The summed E-state index contributed by atoms with van der Waals surface area (Å²) in [6, 6.07) is 8.01. The lowest BCUT2D eigenvalue weighted by Crippen LogP contribution is -2.42. The molecule has 1 aliphatic rings. The molecular weight excluding hydrogens is 252 g/mol. The number of ether oxygens (including phenoxy) is 1. The minimum atomic E-state index is -0.224. The van der Waals surface area contributed by atoms with E-state index in [-0.39, 0.29) is 12.0 Å². The summed E-state index contributed by atoms with van der Waals surface area (Å²) >= 11 is 0. The quantitative estimate of drug-likeness (QED) is 0.664. The Morgan fingerprint density at radius 1 is 1.40 bits per heavy atom. The molecule has 2 aromatic rings. The summed E-state index contributed by atoms with van der Waals surface area (Å²) in [5.74, 6) is -0.130. The van der Waals surface area contributed by atoms with Gasteiger partial charge in [0, 0.05) is 29.6 Å². The highest BCUT2D eigenvalue weighted by atomic mass is 16.5. The van der Waals surface area contributed by atoms with E-state index in [4.69, 9.17) is 4.74 Å². The molecule has 0 fully saturated rings. The van der Waals surface area contributed by atoms with Gasteiger partial charge in [-0.05, 0) is 18.1 Å². The molecule has 2 N–H and O–H groups in total. The molecule has 1 aromatic carbocycles. The van der Waals surface area contributed by atoms with Crippen LogP contribution in [0.4, 0.5) is 0 Å². The van der Waals surface area contributed by atoms with Crippen molar-refractivity contribution in [2.75, 3.05) is 6.61 Å². The molecule has 4 nitrogen and oxygen atoms in total. The Labute approximate surface area is 118 Å². The number of aromatic nitrogens is 1. The van der Waals surface area contributed by atoms with Gasteiger partial charge in [0.2, 0.25) is 0 Å². The SMILES string of the molecule is CCCCOC(=O)[C@H]1Cc2c([nH]c3ccccc23)CN1. The maximum atomic E-state index is 12.0. The van der Waals surface area contributed by atoms with Gasteiger partial charge in [-0.3, -0.25) is 10.1 Å². The average Bonchev–Trinajstić information content (AvgIpc) is 2.85. The first-order chi connectivity index (χ1) is 9.79. The van der Waals surface area contributed by atoms with Gasteiger partial charge in [-0.25, -0.2) is 0 Å². The third-order valence-corrected chi connectivity index (χ3v) is 3.86. The highest BCUT2D eigenvalue weighted by Crippen LogP contribution is 2.26. The van der Waals surface area contributed by atoms with E-state index in [9.17, 15) is 4.79 Å². The Morgan fingerprint density at radius 3 is 3.10 bits per heavy atom. The van der Waals surface area contributed by atoms with Crippen LogP contribution in [0, 0.1) is 0 Å². The van der Waals surface area contributed by atoms with Crippen LogP contribution in [-0.4, -0.2) is 23.6 Å². The summed E-state index contributed by atoms with van der Waals surface area (Å²) in [5, 5.41) is 4.48. The van der Waals surface area contributed by atoms with Crippen LogP contribution in [0.1, 0.15) is 31.0 Å². The van der Waals surface area contributed by atoms with Gasteiger partial charge in [0.1, 0.15) is 6.04 Å². The molecule has 4 heteroatoms. The maximum Gasteiger partial charge on any atom is 0.323 e. The molecule has 0 spiro atoms. The van der Waals surface area contributed by atoms with Gasteiger partial charge in [-0.15, -0.1) is 0 Å². The smallest absolute Gasteiger partial charge is 0.323 e. The first kappa shape index (κ1) is 13.2. The summed E-state index contributed by atoms with van der Waals surface area (Å²) in [7, 11) is 0. The van der Waals surface area contributed by atoms with Gasteiger partial charge in [0.25, 0.3) is 0 Å². The summed E-state index contributed by atoms with van der Waals surface area (Å²) in [4.78, 5) is 15.5. The molecular formula is C16H20N2O2.